The van der Waals surface area contributed by atoms with Crippen molar-refractivity contribution in [3.05, 3.63) is 28.8 Å². The zero-order valence-electron chi connectivity index (χ0n) is 12.9. The van der Waals surface area contributed by atoms with Gasteiger partial charge in [0.2, 0.25) is 5.91 Å². The molecule has 0 bridgehead atoms. The molecule has 0 fully saturated rings. The Kier molecular flexibility index (Phi) is 7.29. The van der Waals surface area contributed by atoms with Crippen molar-refractivity contribution in [2.75, 3.05) is 16.8 Å². The summed E-state index contributed by atoms with van der Waals surface area (Å²) in [5.74, 6) is 0.833. The van der Waals surface area contributed by atoms with E-state index in [-0.39, 0.29) is 11.5 Å². The van der Waals surface area contributed by atoms with Gasteiger partial charge in [0.05, 0.1) is 5.56 Å². The molecule has 1 aromatic carbocycles. The summed E-state index contributed by atoms with van der Waals surface area (Å²) in [6, 6.07) is 3.32. The van der Waals surface area contributed by atoms with Crippen molar-refractivity contribution in [3.8, 4) is 0 Å². The van der Waals surface area contributed by atoms with Gasteiger partial charge < -0.3 is 10.4 Å². The Balaban J connectivity index is 2.59. The fourth-order valence-corrected chi connectivity index (χ4v) is 2.97. The smallest absolute Gasteiger partial charge is 0.336 e. The van der Waals surface area contributed by atoms with Crippen LogP contribution in [0.2, 0.25) is 0 Å². The molecule has 1 rings (SSSR count). The summed E-state index contributed by atoms with van der Waals surface area (Å²) in [6.45, 7) is 5.77. The predicted molar refractivity (Wildman–Crippen MR) is 88.4 cm³/mol. The molecule has 2 N–H and O–H groups in total. The first-order valence-electron chi connectivity index (χ1n) is 7.17. The highest BCUT2D eigenvalue weighted by Gasteiger charge is 2.12. The van der Waals surface area contributed by atoms with E-state index in [1.54, 1.807) is 24.8 Å². The Hall–Kier alpha value is -1.49. The van der Waals surface area contributed by atoms with Gasteiger partial charge in [-0.3, -0.25) is 4.79 Å². The third kappa shape index (κ3) is 5.79. The van der Waals surface area contributed by atoms with Crippen molar-refractivity contribution in [2.45, 2.75) is 40.0 Å². The largest absolute Gasteiger partial charge is 0.478 e. The number of aromatic carboxylic acids is 1. The topological polar surface area (TPSA) is 66.4 Å². The Bertz CT molecular complexity index is 514. The Morgan fingerprint density at radius 3 is 2.52 bits per heavy atom. The first kappa shape index (κ1) is 17.6. The summed E-state index contributed by atoms with van der Waals surface area (Å²) < 4.78 is 0. The molecule has 0 heterocycles. The first-order chi connectivity index (χ1) is 9.95. The van der Waals surface area contributed by atoms with Gasteiger partial charge in [0.1, 0.15) is 0 Å². The minimum absolute atomic E-state index is 0.0673. The minimum atomic E-state index is -0.974. The molecule has 0 spiro atoms. The number of nitrogens with one attached hydrogen (secondary N) is 1. The van der Waals surface area contributed by atoms with Crippen LogP contribution in [0.1, 0.15) is 47.7 Å². The quantitative estimate of drug-likeness (QED) is 0.716. The van der Waals surface area contributed by atoms with Gasteiger partial charge in [0, 0.05) is 17.9 Å². The van der Waals surface area contributed by atoms with E-state index in [1.165, 1.54) is 18.9 Å². The lowest BCUT2D eigenvalue weighted by atomic mass is 10.0. The molecule has 4 nitrogen and oxygen atoms in total. The van der Waals surface area contributed by atoms with Crippen molar-refractivity contribution in [1.29, 1.82) is 0 Å². The van der Waals surface area contributed by atoms with E-state index in [0.29, 0.717) is 17.7 Å². The van der Waals surface area contributed by atoms with E-state index >= 15 is 0 Å². The molecule has 0 aliphatic carbocycles. The number of benzene rings is 1. The van der Waals surface area contributed by atoms with Crippen LogP contribution in [-0.4, -0.2) is 28.5 Å². The van der Waals surface area contributed by atoms with Crippen LogP contribution in [0.5, 0.6) is 0 Å². The Labute approximate surface area is 130 Å². The van der Waals surface area contributed by atoms with Crippen LogP contribution < -0.4 is 5.32 Å². The average molecular weight is 309 g/mol. The molecule has 1 amide bonds. The molecule has 0 aliphatic rings. The number of carbonyl (C=O) groups is 2. The van der Waals surface area contributed by atoms with Gasteiger partial charge in [0.25, 0.3) is 0 Å². The van der Waals surface area contributed by atoms with Gasteiger partial charge in [0.15, 0.2) is 0 Å². The molecule has 0 radical (unpaired) electrons. The highest BCUT2D eigenvalue weighted by Crippen LogP contribution is 2.21. The van der Waals surface area contributed by atoms with Crippen LogP contribution in [0.15, 0.2) is 12.1 Å². The second-order valence-electron chi connectivity index (χ2n) is 5.05. The van der Waals surface area contributed by atoms with Crippen molar-refractivity contribution < 1.29 is 14.7 Å². The molecule has 0 unspecified atom stereocenters. The van der Waals surface area contributed by atoms with Crippen molar-refractivity contribution in [3.63, 3.8) is 0 Å². The zero-order valence-corrected chi connectivity index (χ0v) is 13.7. The molecule has 5 heteroatoms. The maximum Gasteiger partial charge on any atom is 0.336 e. The third-order valence-corrected chi connectivity index (χ3v) is 4.26. The maximum atomic E-state index is 11.9. The SMILES string of the molecule is CCCCSCCC(=O)Nc1cc(C(=O)O)c(C)cc1C. The molecule has 1 aromatic rings. The van der Waals surface area contributed by atoms with Gasteiger partial charge in [-0.1, -0.05) is 19.4 Å². The molecule has 0 aliphatic heterocycles. The zero-order chi connectivity index (χ0) is 15.8. The van der Waals surface area contributed by atoms with Crippen LogP contribution in [0.25, 0.3) is 0 Å². The molecule has 0 aromatic heterocycles. The number of hydrogen-bond acceptors (Lipinski definition) is 3. The fraction of sp³-hybridized carbons (Fsp3) is 0.500. The minimum Gasteiger partial charge on any atom is -0.478 e. The number of aryl methyl sites for hydroxylation is 2. The molecular formula is C16H23NO3S. The van der Waals surface area contributed by atoms with Crippen molar-refractivity contribution in [2.24, 2.45) is 0 Å². The number of unbranched alkanes of at least 4 members (excludes halogenated alkanes) is 1. The monoisotopic (exact) mass is 309 g/mol. The summed E-state index contributed by atoms with van der Waals surface area (Å²) in [7, 11) is 0. The second kappa shape index (κ2) is 8.72. The average Bonchev–Trinajstić information content (AvgIpc) is 2.41. The highest BCUT2D eigenvalue weighted by atomic mass is 32.2. The number of amides is 1. The molecule has 0 saturated heterocycles. The number of hydrogen-bond donors (Lipinski definition) is 2. The van der Waals surface area contributed by atoms with Crippen molar-refractivity contribution >= 4 is 29.3 Å². The van der Waals surface area contributed by atoms with Gasteiger partial charge in [-0.2, -0.15) is 11.8 Å². The lowest BCUT2D eigenvalue weighted by molar-refractivity contribution is -0.115. The van der Waals surface area contributed by atoms with E-state index in [9.17, 15) is 9.59 Å². The van der Waals surface area contributed by atoms with Crippen molar-refractivity contribution in [1.82, 2.24) is 0 Å². The fourth-order valence-electron chi connectivity index (χ4n) is 1.94. The number of carboxylic acids is 1. The number of carbonyl (C=O) groups excluding carboxylic acids is 1. The summed E-state index contributed by atoms with van der Waals surface area (Å²) in [6.07, 6.45) is 2.79. The number of anilines is 1. The Morgan fingerprint density at radius 1 is 1.19 bits per heavy atom. The number of thioether (sulfide) groups is 1. The van der Waals surface area contributed by atoms with E-state index < -0.39 is 5.97 Å². The van der Waals surface area contributed by atoms with E-state index in [4.69, 9.17) is 5.11 Å². The third-order valence-electron chi connectivity index (χ3n) is 3.19. The van der Waals surface area contributed by atoms with Gasteiger partial charge in [-0.05, 0) is 43.2 Å². The predicted octanol–water partition coefficient (Wildman–Crippen LogP) is 3.86. The summed E-state index contributed by atoms with van der Waals surface area (Å²) in [4.78, 5) is 23.0. The van der Waals surface area contributed by atoms with Gasteiger partial charge in [-0.25, -0.2) is 4.79 Å². The van der Waals surface area contributed by atoms with Gasteiger partial charge >= 0.3 is 5.97 Å². The van der Waals surface area contributed by atoms with Crippen LogP contribution in [0, 0.1) is 13.8 Å². The van der Waals surface area contributed by atoms with E-state index in [2.05, 4.69) is 12.2 Å². The second-order valence-corrected chi connectivity index (χ2v) is 6.28. The van der Waals surface area contributed by atoms with Crippen LogP contribution in [-0.2, 0) is 4.79 Å². The van der Waals surface area contributed by atoms with E-state index in [1.807, 2.05) is 6.92 Å². The molecular weight excluding hydrogens is 286 g/mol. The Morgan fingerprint density at radius 2 is 1.90 bits per heavy atom. The normalized spacial score (nSPS) is 10.4. The van der Waals surface area contributed by atoms with Crippen LogP contribution in [0.4, 0.5) is 5.69 Å². The summed E-state index contributed by atoms with van der Waals surface area (Å²) >= 11 is 1.78. The highest BCUT2D eigenvalue weighted by molar-refractivity contribution is 7.99. The van der Waals surface area contributed by atoms with E-state index in [0.717, 1.165) is 17.1 Å². The molecule has 21 heavy (non-hydrogen) atoms. The number of carboxylic acid groups (broad SMARTS) is 1. The van der Waals surface area contributed by atoms with Crippen LogP contribution in [0.3, 0.4) is 0 Å². The lowest BCUT2D eigenvalue weighted by Gasteiger charge is -2.11. The van der Waals surface area contributed by atoms with Crippen LogP contribution >= 0.6 is 11.8 Å². The van der Waals surface area contributed by atoms with Gasteiger partial charge in [-0.15, -0.1) is 0 Å². The molecule has 0 saturated carbocycles. The standard InChI is InChI=1S/C16H23NO3S/c1-4-5-7-21-8-6-15(18)17-14-10-13(16(19)20)11(2)9-12(14)3/h9-10H,4-8H2,1-3H3,(H,17,18)(H,19,20). The number of rotatable bonds is 8. The summed E-state index contributed by atoms with van der Waals surface area (Å²) in [5, 5.41) is 11.9. The molecule has 0 atom stereocenters. The first-order valence-corrected chi connectivity index (χ1v) is 8.33. The maximum absolute atomic E-state index is 11.9. The molecule has 116 valence electrons. The summed E-state index contributed by atoms with van der Waals surface area (Å²) in [5.41, 5.74) is 2.40. The lowest BCUT2D eigenvalue weighted by Crippen LogP contribution is -2.14.